The van der Waals surface area contributed by atoms with Crippen molar-refractivity contribution in [3.05, 3.63) is 63.7 Å². The molecule has 2 rings (SSSR count). The molecule has 0 spiro atoms. The van der Waals surface area contributed by atoms with Gasteiger partial charge >= 0.3 is 0 Å². The summed E-state index contributed by atoms with van der Waals surface area (Å²) in [5.41, 5.74) is 1.85. The third-order valence-electron chi connectivity index (χ3n) is 4.50. The highest BCUT2D eigenvalue weighted by Crippen LogP contribution is 2.29. The van der Waals surface area contributed by atoms with Crippen LogP contribution in [-0.4, -0.2) is 16.9 Å². The molecule has 0 saturated heterocycles. The van der Waals surface area contributed by atoms with Gasteiger partial charge in [0.2, 0.25) is 0 Å². The maximum atomic E-state index is 12.5. The molecule has 0 bridgehead atoms. The van der Waals surface area contributed by atoms with E-state index in [1.54, 1.807) is 26.0 Å². The van der Waals surface area contributed by atoms with Crippen molar-refractivity contribution >= 4 is 17.3 Å². The number of ether oxygens (including phenoxy) is 1. The first kappa shape index (κ1) is 19.4. The van der Waals surface area contributed by atoms with E-state index in [1.165, 1.54) is 6.07 Å². The number of nitrogens with zero attached hydrogens (tertiary/aromatic N) is 1. The Labute approximate surface area is 153 Å². The molecule has 0 saturated carbocycles. The molecule has 6 heteroatoms. The summed E-state index contributed by atoms with van der Waals surface area (Å²) in [6.07, 6.45) is 0.229. The predicted molar refractivity (Wildman–Crippen MR) is 102 cm³/mol. The second kappa shape index (κ2) is 8.47. The molecule has 138 valence electrons. The lowest BCUT2D eigenvalue weighted by Gasteiger charge is -2.20. The van der Waals surface area contributed by atoms with Gasteiger partial charge in [0.15, 0.2) is 6.10 Å². The molecular weight excluding hydrogens is 332 g/mol. The van der Waals surface area contributed by atoms with Crippen molar-refractivity contribution in [2.75, 3.05) is 5.32 Å². The van der Waals surface area contributed by atoms with Gasteiger partial charge < -0.3 is 10.1 Å². The van der Waals surface area contributed by atoms with Crippen molar-refractivity contribution in [1.82, 2.24) is 0 Å². The summed E-state index contributed by atoms with van der Waals surface area (Å²) < 4.78 is 5.87. The Hall–Kier alpha value is -2.89. The number of anilines is 1. The zero-order valence-electron chi connectivity index (χ0n) is 15.5. The zero-order chi connectivity index (χ0) is 19.3. The quantitative estimate of drug-likeness (QED) is 0.569. The minimum Gasteiger partial charge on any atom is -0.481 e. The first-order valence-electron chi connectivity index (χ1n) is 8.65. The third-order valence-corrected chi connectivity index (χ3v) is 4.50. The van der Waals surface area contributed by atoms with Crippen LogP contribution in [0.2, 0.25) is 0 Å². The molecule has 1 amide bonds. The minimum atomic E-state index is -0.737. The van der Waals surface area contributed by atoms with Gasteiger partial charge in [-0.15, -0.1) is 0 Å². The van der Waals surface area contributed by atoms with Crippen LogP contribution in [0.5, 0.6) is 5.75 Å². The van der Waals surface area contributed by atoms with Crippen molar-refractivity contribution in [2.45, 2.75) is 46.1 Å². The van der Waals surface area contributed by atoms with E-state index in [-0.39, 0.29) is 11.6 Å². The molecule has 26 heavy (non-hydrogen) atoms. The number of rotatable bonds is 7. The van der Waals surface area contributed by atoms with Crippen LogP contribution in [0.25, 0.3) is 0 Å². The van der Waals surface area contributed by atoms with Crippen molar-refractivity contribution in [1.29, 1.82) is 0 Å². The molecule has 6 nitrogen and oxygen atoms in total. The number of para-hydroxylation sites is 1. The molecule has 0 aromatic heterocycles. The fourth-order valence-electron chi connectivity index (χ4n) is 2.65. The summed E-state index contributed by atoms with van der Waals surface area (Å²) in [6.45, 7) is 7.48. The number of carbonyl (C=O) groups excluding carboxylic acids is 1. The van der Waals surface area contributed by atoms with Gasteiger partial charge in [0.1, 0.15) is 5.75 Å². The molecular formula is C20H24N2O4. The summed E-state index contributed by atoms with van der Waals surface area (Å²) in [6, 6.07) is 12.3. The Morgan fingerprint density at radius 1 is 1.19 bits per heavy atom. The van der Waals surface area contributed by atoms with Gasteiger partial charge in [-0.2, -0.15) is 0 Å². The number of nitrogens with one attached hydrogen (secondary N) is 1. The fourth-order valence-corrected chi connectivity index (χ4v) is 2.65. The Morgan fingerprint density at radius 3 is 2.54 bits per heavy atom. The van der Waals surface area contributed by atoms with Crippen molar-refractivity contribution in [3.8, 4) is 5.75 Å². The predicted octanol–water partition coefficient (Wildman–Crippen LogP) is 4.82. The number of carbonyl (C=O) groups is 1. The van der Waals surface area contributed by atoms with E-state index in [1.807, 2.05) is 24.3 Å². The average molecular weight is 356 g/mol. The molecule has 2 aromatic rings. The van der Waals surface area contributed by atoms with Crippen LogP contribution in [-0.2, 0) is 4.79 Å². The van der Waals surface area contributed by atoms with Crippen LogP contribution < -0.4 is 10.1 Å². The Kier molecular flexibility index (Phi) is 6.33. The maximum absolute atomic E-state index is 12.5. The van der Waals surface area contributed by atoms with E-state index in [0.717, 1.165) is 12.0 Å². The van der Waals surface area contributed by atoms with Gasteiger partial charge in [-0.1, -0.05) is 38.1 Å². The second-order valence-corrected chi connectivity index (χ2v) is 6.30. The molecule has 0 aliphatic rings. The van der Waals surface area contributed by atoms with Gasteiger partial charge in [0.25, 0.3) is 11.6 Å². The topological polar surface area (TPSA) is 81.5 Å². The van der Waals surface area contributed by atoms with Crippen molar-refractivity contribution in [3.63, 3.8) is 0 Å². The summed E-state index contributed by atoms with van der Waals surface area (Å²) in [4.78, 5) is 23.1. The first-order chi connectivity index (χ1) is 12.3. The molecule has 0 radical (unpaired) electrons. The highest BCUT2D eigenvalue weighted by molar-refractivity contribution is 5.95. The number of hydrogen-bond acceptors (Lipinski definition) is 4. The van der Waals surface area contributed by atoms with E-state index < -0.39 is 11.0 Å². The van der Waals surface area contributed by atoms with Crippen LogP contribution in [0.1, 0.15) is 44.2 Å². The fraction of sp³-hybridized carbons (Fsp3) is 0.350. The molecule has 2 unspecified atom stereocenters. The highest BCUT2D eigenvalue weighted by Gasteiger charge is 2.20. The van der Waals surface area contributed by atoms with Crippen molar-refractivity contribution in [2.24, 2.45) is 0 Å². The Balaban J connectivity index is 2.15. The Morgan fingerprint density at radius 2 is 1.88 bits per heavy atom. The summed E-state index contributed by atoms with van der Waals surface area (Å²) >= 11 is 0. The first-order valence-corrected chi connectivity index (χ1v) is 8.65. The largest absolute Gasteiger partial charge is 0.481 e. The van der Waals surface area contributed by atoms with E-state index in [0.29, 0.717) is 22.9 Å². The molecule has 1 N–H and O–H groups in total. The maximum Gasteiger partial charge on any atom is 0.274 e. The molecule has 0 fully saturated rings. The molecule has 2 atom stereocenters. The SMILES string of the molecule is CCC(C)c1ccccc1OC(C)C(=O)Nc1cccc([N+](=O)[O-])c1C. The number of benzene rings is 2. The van der Waals surface area contributed by atoms with E-state index in [4.69, 9.17) is 4.74 Å². The number of nitro groups is 1. The van der Waals surface area contributed by atoms with Crippen LogP contribution >= 0.6 is 0 Å². The van der Waals surface area contributed by atoms with Gasteiger partial charge in [-0.05, 0) is 43.9 Å². The van der Waals surface area contributed by atoms with Gasteiger partial charge in [-0.25, -0.2) is 0 Å². The third kappa shape index (κ3) is 4.39. The number of amides is 1. The Bertz CT molecular complexity index is 804. The van der Waals surface area contributed by atoms with Crippen LogP contribution in [0, 0.1) is 17.0 Å². The molecule has 0 aliphatic carbocycles. The monoisotopic (exact) mass is 356 g/mol. The molecule has 0 heterocycles. The summed E-state index contributed by atoms with van der Waals surface area (Å²) in [7, 11) is 0. The van der Waals surface area contributed by atoms with Crippen LogP contribution in [0.4, 0.5) is 11.4 Å². The van der Waals surface area contributed by atoms with Crippen LogP contribution in [0.15, 0.2) is 42.5 Å². The average Bonchev–Trinajstić information content (AvgIpc) is 2.62. The van der Waals surface area contributed by atoms with Gasteiger partial charge in [0.05, 0.1) is 16.2 Å². The van der Waals surface area contributed by atoms with Gasteiger partial charge in [-0.3, -0.25) is 14.9 Å². The lowest BCUT2D eigenvalue weighted by atomic mass is 9.98. The van der Waals surface area contributed by atoms with E-state index >= 15 is 0 Å². The normalized spacial score (nSPS) is 12.9. The summed E-state index contributed by atoms with van der Waals surface area (Å²) in [5, 5.41) is 13.8. The van der Waals surface area contributed by atoms with Crippen LogP contribution in [0.3, 0.4) is 0 Å². The number of hydrogen-bond donors (Lipinski definition) is 1. The minimum absolute atomic E-state index is 0.0292. The lowest BCUT2D eigenvalue weighted by molar-refractivity contribution is -0.385. The van der Waals surface area contributed by atoms with Crippen molar-refractivity contribution < 1.29 is 14.5 Å². The second-order valence-electron chi connectivity index (χ2n) is 6.30. The number of nitro benzene ring substituents is 1. The highest BCUT2D eigenvalue weighted by atomic mass is 16.6. The lowest BCUT2D eigenvalue weighted by Crippen LogP contribution is -2.30. The summed E-state index contributed by atoms with van der Waals surface area (Å²) in [5.74, 6) is 0.647. The zero-order valence-corrected chi connectivity index (χ0v) is 15.5. The molecule has 2 aromatic carbocycles. The van der Waals surface area contributed by atoms with Gasteiger partial charge in [0, 0.05) is 6.07 Å². The van der Waals surface area contributed by atoms with E-state index in [2.05, 4.69) is 19.2 Å². The standard InChI is InChI=1S/C20H24N2O4/c1-5-13(2)16-9-6-7-12-19(16)26-15(4)20(23)21-17-10-8-11-18(14(17)3)22(24)25/h6-13,15H,5H2,1-4H3,(H,21,23). The van der Waals surface area contributed by atoms with E-state index in [9.17, 15) is 14.9 Å². The smallest absolute Gasteiger partial charge is 0.274 e. The molecule has 0 aliphatic heterocycles.